The van der Waals surface area contributed by atoms with Crippen LogP contribution in [0.4, 0.5) is 8.78 Å². The first-order valence-corrected chi connectivity index (χ1v) is 5.79. The quantitative estimate of drug-likeness (QED) is 0.823. The predicted octanol–water partition coefficient (Wildman–Crippen LogP) is 2.28. The van der Waals surface area contributed by atoms with Gasteiger partial charge in [0, 0.05) is 18.2 Å². The van der Waals surface area contributed by atoms with E-state index in [-0.39, 0.29) is 12.6 Å². The Bertz CT molecular complexity index is 385. The van der Waals surface area contributed by atoms with Gasteiger partial charge in [0.2, 0.25) is 0 Å². The molecule has 0 spiro atoms. The Morgan fingerprint density at radius 3 is 2.61 bits per heavy atom. The summed E-state index contributed by atoms with van der Waals surface area (Å²) in [5, 5.41) is 11.9. The van der Waals surface area contributed by atoms with Crippen LogP contribution in [0.5, 0.6) is 5.75 Å². The Labute approximate surface area is 106 Å². The van der Waals surface area contributed by atoms with Crippen molar-refractivity contribution in [1.82, 2.24) is 5.32 Å². The maximum atomic E-state index is 12.2. The van der Waals surface area contributed by atoms with Gasteiger partial charge >= 0.3 is 0 Å². The first kappa shape index (κ1) is 14.9. The summed E-state index contributed by atoms with van der Waals surface area (Å²) in [7, 11) is 1.56. The lowest BCUT2D eigenvalue weighted by atomic mass is 10.0. The highest BCUT2D eigenvalue weighted by Gasteiger charge is 2.18. The van der Waals surface area contributed by atoms with E-state index in [0.717, 1.165) is 11.1 Å². The van der Waals surface area contributed by atoms with E-state index < -0.39 is 12.5 Å². The molecule has 0 amide bonds. The summed E-state index contributed by atoms with van der Waals surface area (Å²) in [4.78, 5) is 0. The Kier molecular flexibility index (Phi) is 5.50. The number of aliphatic hydroxyl groups is 1. The van der Waals surface area contributed by atoms with Crippen LogP contribution < -0.4 is 10.1 Å². The van der Waals surface area contributed by atoms with Crippen molar-refractivity contribution in [3.05, 3.63) is 29.3 Å². The van der Waals surface area contributed by atoms with Gasteiger partial charge in [-0.05, 0) is 19.9 Å². The summed E-state index contributed by atoms with van der Waals surface area (Å²) in [6.07, 6.45) is -4.38. The Morgan fingerprint density at radius 1 is 1.39 bits per heavy atom. The minimum Gasteiger partial charge on any atom is -0.496 e. The molecular formula is C13H19F2NO2. The first-order chi connectivity index (χ1) is 8.45. The second kappa shape index (κ2) is 6.66. The number of nitrogens with one attached hydrogen (secondary N) is 1. The van der Waals surface area contributed by atoms with Gasteiger partial charge in [-0.15, -0.1) is 0 Å². The van der Waals surface area contributed by atoms with Crippen molar-refractivity contribution >= 4 is 0 Å². The molecule has 0 aliphatic heterocycles. The second-order valence-electron chi connectivity index (χ2n) is 4.28. The van der Waals surface area contributed by atoms with Crippen molar-refractivity contribution in [2.45, 2.75) is 32.4 Å². The fourth-order valence-electron chi connectivity index (χ4n) is 1.69. The van der Waals surface area contributed by atoms with E-state index in [1.54, 1.807) is 7.11 Å². The van der Waals surface area contributed by atoms with E-state index in [1.807, 2.05) is 32.0 Å². The number of alkyl halides is 2. The molecule has 0 heterocycles. The number of aryl methyl sites for hydroxylation is 1. The molecule has 0 saturated heterocycles. The van der Waals surface area contributed by atoms with Crippen molar-refractivity contribution < 1.29 is 18.6 Å². The summed E-state index contributed by atoms with van der Waals surface area (Å²) in [6, 6.07) is 5.52. The lowest BCUT2D eigenvalue weighted by molar-refractivity contribution is -0.00441. The molecule has 0 saturated carbocycles. The van der Waals surface area contributed by atoms with Gasteiger partial charge in [-0.1, -0.05) is 17.7 Å². The minimum atomic E-state index is -2.73. The van der Waals surface area contributed by atoms with E-state index in [9.17, 15) is 8.78 Å². The lowest BCUT2D eigenvalue weighted by Crippen LogP contribution is -2.33. The van der Waals surface area contributed by atoms with Crippen LogP contribution in [0.1, 0.15) is 24.1 Å². The topological polar surface area (TPSA) is 41.5 Å². The molecule has 0 aliphatic carbocycles. The van der Waals surface area contributed by atoms with Crippen LogP contribution in [0.3, 0.4) is 0 Å². The molecular weight excluding hydrogens is 240 g/mol. The fraction of sp³-hybridized carbons (Fsp3) is 0.538. The van der Waals surface area contributed by atoms with Crippen molar-refractivity contribution in [3.8, 4) is 5.75 Å². The smallest absolute Gasteiger partial charge is 0.265 e. The molecule has 0 aliphatic rings. The molecule has 2 atom stereocenters. The average molecular weight is 259 g/mol. The van der Waals surface area contributed by atoms with E-state index >= 15 is 0 Å². The highest BCUT2D eigenvalue weighted by molar-refractivity contribution is 5.38. The maximum absolute atomic E-state index is 12.2. The molecule has 2 N–H and O–H groups in total. The normalized spacial score (nSPS) is 14.6. The summed E-state index contributed by atoms with van der Waals surface area (Å²) in [5.74, 6) is 0.701. The molecule has 0 fully saturated rings. The van der Waals surface area contributed by atoms with E-state index in [0.29, 0.717) is 5.75 Å². The molecule has 5 heteroatoms. The van der Waals surface area contributed by atoms with Crippen LogP contribution in [0.25, 0.3) is 0 Å². The van der Waals surface area contributed by atoms with Gasteiger partial charge in [-0.2, -0.15) is 0 Å². The molecule has 1 aromatic carbocycles. The zero-order valence-electron chi connectivity index (χ0n) is 10.8. The third-order valence-electron chi connectivity index (χ3n) is 2.78. The Hall–Kier alpha value is -1.20. The van der Waals surface area contributed by atoms with Crippen LogP contribution in [-0.4, -0.2) is 31.3 Å². The minimum absolute atomic E-state index is 0.157. The Morgan fingerprint density at radius 2 is 2.06 bits per heavy atom. The van der Waals surface area contributed by atoms with Crippen molar-refractivity contribution in [1.29, 1.82) is 0 Å². The molecule has 0 aromatic heterocycles. The van der Waals surface area contributed by atoms with Gasteiger partial charge < -0.3 is 15.2 Å². The SMILES string of the molecule is COc1ccc(C)cc1C(C)NCC(O)C(F)F. The van der Waals surface area contributed by atoms with E-state index in [2.05, 4.69) is 5.32 Å². The number of rotatable bonds is 6. The van der Waals surface area contributed by atoms with E-state index in [1.165, 1.54) is 0 Å². The zero-order chi connectivity index (χ0) is 13.7. The molecule has 102 valence electrons. The van der Waals surface area contributed by atoms with Crippen LogP contribution in [0.2, 0.25) is 0 Å². The van der Waals surface area contributed by atoms with Crippen LogP contribution >= 0.6 is 0 Å². The largest absolute Gasteiger partial charge is 0.496 e. The molecule has 1 rings (SSSR count). The van der Waals surface area contributed by atoms with Crippen LogP contribution in [0, 0.1) is 6.92 Å². The number of methoxy groups -OCH3 is 1. The number of hydrogen-bond acceptors (Lipinski definition) is 3. The van der Waals surface area contributed by atoms with Gasteiger partial charge in [0.15, 0.2) is 0 Å². The first-order valence-electron chi connectivity index (χ1n) is 5.79. The highest BCUT2D eigenvalue weighted by atomic mass is 19.3. The van der Waals surface area contributed by atoms with E-state index in [4.69, 9.17) is 9.84 Å². The van der Waals surface area contributed by atoms with Gasteiger partial charge in [0.25, 0.3) is 6.43 Å². The van der Waals surface area contributed by atoms with Gasteiger partial charge in [0.05, 0.1) is 7.11 Å². The molecule has 2 unspecified atom stereocenters. The molecule has 3 nitrogen and oxygen atoms in total. The molecule has 18 heavy (non-hydrogen) atoms. The van der Waals surface area contributed by atoms with Crippen molar-refractivity contribution in [3.63, 3.8) is 0 Å². The predicted molar refractivity (Wildman–Crippen MR) is 66.2 cm³/mol. The average Bonchev–Trinajstić information content (AvgIpc) is 2.35. The summed E-state index contributed by atoms with van der Waals surface area (Å²) >= 11 is 0. The summed E-state index contributed by atoms with van der Waals surface area (Å²) in [6.45, 7) is 3.63. The monoisotopic (exact) mass is 259 g/mol. The number of aliphatic hydroxyl groups excluding tert-OH is 1. The maximum Gasteiger partial charge on any atom is 0.265 e. The number of benzene rings is 1. The van der Waals surface area contributed by atoms with Gasteiger partial charge in [0.1, 0.15) is 11.9 Å². The standard InChI is InChI=1S/C13H19F2NO2/c1-8-4-5-12(18-3)10(6-8)9(2)16-7-11(17)13(14)15/h4-6,9,11,13,16-17H,7H2,1-3H3. The number of ether oxygens (including phenoxy) is 1. The highest BCUT2D eigenvalue weighted by Crippen LogP contribution is 2.26. The fourth-order valence-corrected chi connectivity index (χ4v) is 1.69. The number of halogens is 2. The zero-order valence-corrected chi connectivity index (χ0v) is 10.8. The third kappa shape index (κ3) is 3.92. The van der Waals surface area contributed by atoms with Crippen LogP contribution in [-0.2, 0) is 0 Å². The van der Waals surface area contributed by atoms with Crippen molar-refractivity contribution in [2.75, 3.05) is 13.7 Å². The van der Waals surface area contributed by atoms with Gasteiger partial charge in [-0.3, -0.25) is 0 Å². The Balaban J connectivity index is 2.71. The number of hydrogen-bond donors (Lipinski definition) is 2. The summed E-state index contributed by atoms with van der Waals surface area (Å²) < 4.78 is 29.6. The van der Waals surface area contributed by atoms with Crippen LogP contribution in [0.15, 0.2) is 18.2 Å². The second-order valence-corrected chi connectivity index (χ2v) is 4.28. The lowest BCUT2D eigenvalue weighted by Gasteiger charge is -2.19. The molecule has 0 radical (unpaired) electrons. The van der Waals surface area contributed by atoms with Gasteiger partial charge in [-0.25, -0.2) is 8.78 Å². The van der Waals surface area contributed by atoms with Crippen molar-refractivity contribution in [2.24, 2.45) is 0 Å². The summed E-state index contributed by atoms with van der Waals surface area (Å²) in [5.41, 5.74) is 1.95. The molecule has 0 bridgehead atoms. The third-order valence-corrected chi connectivity index (χ3v) is 2.78. The molecule has 1 aromatic rings.